The van der Waals surface area contributed by atoms with Gasteiger partial charge in [-0.15, -0.1) is 0 Å². The molecule has 180 valence electrons. The molecule has 1 amide bonds. The van der Waals surface area contributed by atoms with Gasteiger partial charge >= 0.3 is 0 Å². The summed E-state index contributed by atoms with van der Waals surface area (Å²) in [5.74, 6) is 1.43. The molecule has 0 unspecified atom stereocenters. The topological polar surface area (TPSA) is 94.2 Å². The third kappa shape index (κ3) is 6.64. The van der Waals surface area contributed by atoms with Gasteiger partial charge in [-0.1, -0.05) is 24.3 Å². The molecule has 1 N–H and O–H groups in total. The Morgan fingerprint density at radius 2 is 1.59 bits per heavy atom. The zero-order valence-corrected chi connectivity index (χ0v) is 20.0. The molecule has 3 aromatic rings. The highest BCUT2D eigenvalue weighted by molar-refractivity contribution is 7.92. The van der Waals surface area contributed by atoms with Crippen molar-refractivity contribution in [2.75, 3.05) is 37.7 Å². The van der Waals surface area contributed by atoms with Crippen LogP contribution < -0.4 is 23.8 Å². The van der Waals surface area contributed by atoms with E-state index in [-0.39, 0.29) is 24.6 Å². The lowest BCUT2D eigenvalue weighted by Gasteiger charge is -2.24. The summed E-state index contributed by atoms with van der Waals surface area (Å²) in [5, 5.41) is 2.71. The van der Waals surface area contributed by atoms with Gasteiger partial charge in [0.15, 0.2) is 0 Å². The maximum atomic E-state index is 13.3. The maximum Gasteiger partial charge on any atom is 0.264 e. The number of nitrogens with one attached hydrogen (secondary N) is 1. The van der Waals surface area contributed by atoms with Crippen molar-refractivity contribution in [1.82, 2.24) is 5.32 Å². The summed E-state index contributed by atoms with van der Waals surface area (Å²) in [4.78, 5) is 12.8. The normalized spacial score (nSPS) is 10.9. The van der Waals surface area contributed by atoms with E-state index in [1.807, 2.05) is 6.92 Å². The Morgan fingerprint density at radius 3 is 2.26 bits per heavy atom. The molecule has 0 aromatic heterocycles. The van der Waals surface area contributed by atoms with Crippen molar-refractivity contribution in [3.63, 3.8) is 0 Å². The summed E-state index contributed by atoms with van der Waals surface area (Å²) >= 11 is 0. The van der Waals surface area contributed by atoms with Gasteiger partial charge in [-0.2, -0.15) is 0 Å². The molecule has 0 fully saturated rings. The van der Waals surface area contributed by atoms with Gasteiger partial charge < -0.3 is 19.5 Å². The highest BCUT2D eigenvalue weighted by Crippen LogP contribution is 2.25. The lowest BCUT2D eigenvalue weighted by Crippen LogP contribution is -2.41. The first-order valence-corrected chi connectivity index (χ1v) is 12.2. The number of hydrogen-bond acceptors (Lipinski definition) is 6. The second-order valence-corrected chi connectivity index (χ2v) is 8.99. The molecule has 0 radical (unpaired) electrons. The number of sulfonamides is 1. The molecule has 8 nitrogen and oxygen atoms in total. The Hall–Kier alpha value is -3.72. The van der Waals surface area contributed by atoms with Crippen molar-refractivity contribution in [2.45, 2.75) is 11.8 Å². The second kappa shape index (κ2) is 11.9. The van der Waals surface area contributed by atoms with Crippen molar-refractivity contribution < 1.29 is 27.4 Å². The molecule has 34 heavy (non-hydrogen) atoms. The number of hydrogen-bond donors (Lipinski definition) is 1. The summed E-state index contributed by atoms with van der Waals surface area (Å²) in [6.45, 7) is 2.39. The largest absolute Gasteiger partial charge is 0.497 e. The maximum absolute atomic E-state index is 13.3. The van der Waals surface area contributed by atoms with Crippen LogP contribution >= 0.6 is 0 Å². The second-order valence-electron chi connectivity index (χ2n) is 7.13. The molecule has 0 heterocycles. The van der Waals surface area contributed by atoms with Crippen LogP contribution in [0.3, 0.4) is 0 Å². The van der Waals surface area contributed by atoms with E-state index in [1.165, 1.54) is 12.1 Å². The molecule has 3 rings (SSSR count). The Morgan fingerprint density at radius 1 is 0.882 bits per heavy atom. The van der Waals surface area contributed by atoms with E-state index in [0.717, 1.165) is 4.31 Å². The summed E-state index contributed by atoms with van der Waals surface area (Å²) in [6, 6.07) is 21.7. The van der Waals surface area contributed by atoms with Crippen LogP contribution in [-0.2, 0) is 14.8 Å². The molecule has 0 aliphatic carbocycles. The first-order valence-electron chi connectivity index (χ1n) is 10.8. The standard InChI is InChI=1S/C25H28N2O6S/c1-3-32-21-14-12-20(13-15-21)27(34(29,30)24-10-5-4-6-11-24)19-25(28)26-16-17-33-23-9-7-8-22(18-23)31-2/h4-15,18H,3,16-17,19H2,1-2H3,(H,26,28). The van der Waals surface area contributed by atoms with Crippen LogP contribution in [0.4, 0.5) is 5.69 Å². The average molecular weight is 485 g/mol. The number of carbonyl (C=O) groups is 1. The minimum atomic E-state index is -3.97. The third-order valence-electron chi connectivity index (χ3n) is 4.79. The van der Waals surface area contributed by atoms with Gasteiger partial charge in [-0.25, -0.2) is 8.42 Å². The molecule has 0 bridgehead atoms. The van der Waals surface area contributed by atoms with Gasteiger partial charge in [0.25, 0.3) is 10.0 Å². The van der Waals surface area contributed by atoms with Crippen LogP contribution in [0.25, 0.3) is 0 Å². The number of carbonyl (C=O) groups excluding carboxylic acids is 1. The number of methoxy groups -OCH3 is 1. The highest BCUT2D eigenvalue weighted by Gasteiger charge is 2.27. The van der Waals surface area contributed by atoms with Crippen molar-refractivity contribution >= 4 is 21.6 Å². The lowest BCUT2D eigenvalue weighted by atomic mass is 10.3. The number of rotatable bonds is 12. The zero-order chi connectivity index (χ0) is 24.4. The van der Waals surface area contributed by atoms with Crippen LogP contribution in [0.15, 0.2) is 83.8 Å². The average Bonchev–Trinajstić information content (AvgIpc) is 2.86. The molecular formula is C25H28N2O6S. The van der Waals surface area contributed by atoms with Crippen LogP contribution in [0.2, 0.25) is 0 Å². The minimum absolute atomic E-state index is 0.0954. The van der Waals surface area contributed by atoms with Crippen molar-refractivity contribution in [2.24, 2.45) is 0 Å². The molecule has 3 aromatic carbocycles. The van der Waals surface area contributed by atoms with E-state index in [2.05, 4.69) is 5.32 Å². The quantitative estimate of drug-likeness (QED) is 0.396. The highest BCUT2D eigenvalue weighted by atomic mass is 32.2. The monoisotopic (exact) mass is 484 g/mol. The van der Waals surface area contributed by atoms with Gasteiger partial charge in [-0.3, -0.25) is 9.10 Å². The molecule has 0 aliphatic rings. The van der Waals surface area contributed by atoms with E-state index in [1.54, 1.807) is 73.8 Å². The Kier molecular flexibility index (Phi) is 8.75. The number of anilines is 1. The van der Waals surface area contributed by atoms with E-state index in [9.17, 15) is 13.2 Å². The van der Waals surface area contributed by atoms with Crippen LogP contribution in [-0.4, -0.2) is 47.7 Å². The minimum Gasteiger partial charge on any atom is -0.497 e. The van der Waals surface area contributed by atoms with Crippen molar-refractivity contribution in [3.05, 3.63) is 78.9 Å². The van der Waals surface area contributed by atoms with Gasteiger partial charge in [0, 0.05) is 6.07 Å². The number of amides is 1. The van der Waals surface area contributed by atoms with E-state index in [4.69, 9.17) is 14.2 Å². The molecule has 0 spiro atoms. The zero-order valence-electron chi connectivity index (χ0n) is 19.1. The Bertz CT molecular complexity index is 1170. The smallest absolute Gasteiger partial charge is 0.264 e. The SMILES string of the molecule is CCOc1ccc(N(CC(=O)NCCOc2cccc(OC)c2)S(=O)(=O)c2ccccc2)cc1. The molecule has 0 atom stereocenters. The summed E-state index contributed by atoms with van der Waals surface area (Å²) < 4.78 is 44.0. The van der Waals surface area contributed by atoms with E-state index < -0.39 is 15.9 Å². The van der Waals surface area contributed by atoms with Crippen LogP contribution in [0, 0.1) is 0 Å². The number of benzene rings is 3. The predicted molar refractivity (Wildman–Crippen MR) is 130 cm³/mol. The lowest BCUT2D eigenvalue weighted by molar-refractivity contribution is -0.119. The summed E-state index contributed by atoms with van der Waals surface area (Å²) in [6.07, 6.45) is 0. The summed E-state index contributed by atoms with van der Waals surface area (Å²) in [5.41, 5.74) is 0.357. The molecular weight excluding hydrogens is 456 g/mol. The fourth-order valence-electron chi connectivity index (χ4n) is 3.15. The van der Waals surface area contributed by atoms with Crippen molar-refractivity contribution in [1.29, 1.82) is 0 Å². The Balaban J connectivity index is 1.68. The number of nitrogens with zero attached hydrogens (tertiary/aromatic N) is 1. The van der Waals surface area contributed by atoms with E-state index in [0.29, 0.717) is 29.5 Å². The molecule has 0 saturated carbocycles. The van der Waals surface area contributed by atoms with Gasteiger partial charge in [0.2, 0.25) is 5.91 Å². The third-order valence-corrected chi connectivity index (χ3v) is 6.58. The van der Waals surface area contributed by atoms with Gasteiger partial charge in [0.1, 0.15) is 30.4 Å². The fourth-order valence-corrected chi connectivity index (χ4v) is 4.59. The van der Waals surface area contributed by atoms with Gasteiger partial charge in [-0.05, 0) is 55.5 Å². The Labute approximate surface area is 200 Å². The van der Waals surface area contributed by atoms with Crippen LogP contribution in [0.5, 0.6) is 17.2 Å². The molecule has 0 saturated heterocycles. The number of ether oxygens (including phenoxy) is 3. The van der Waals surface area contributed by atoms with Crippen molar-refractivity contribution in [3.8, 4) is 17.2 Å². The summed E-state index contributed by atoms with van der Waals surface area (Å²) in [7, 11) is -2.40. The first-order chi connectivity index (χ1) is 16.4. The molecule has 0 aliphatic heterocycles. The van der Waals surface area contributed by atoms with Crippen LogP contribution in [0.1, 0.15) is 6.92 Å². The first kappa shape index (κ1) is 24.9. The molecule has 9 heteroatoms. The van der Waals surface area contributed by atoms with Gasteiger partial charge in [0.05, 0.1) is 30.8 Å². The van der Waals surface area contributed by atoms with E-state index >= 15 is 0 Å². The fraction of sp³-hybridized carbons (Fsp3) is 0.240. The predicted octanol–water partition coefficient (Wildman–Crippen LogP) is 3.48.